The lowest BCUT2D eigenvalue weighted by Gasteiger charge is -2.10. The van der Waals surface area contributed by atoms with Gasteiger partial charge in [-0.1, -0.05) is 24.3 Å². The Hall–Kier alpha value is -3.68. The summed E-state index contributed by atoms with van der Waals surface area (Å²) in [6.45, 7) is 2.25. The van der Waals surface area contributed by atoms with Crippen LogP contribution in [0.1, 0.15) is 22.8 Å². The number of nitrogens with one attached hydrogen (secondary N) is 2. The fourth-order valence-electron chi connectivity index (χ4n) is 2.07. The minimum atomic E-state index is -0.927. The Labute approximate surface area is 156 Å². The monoisotopic (exact) mass is 369 g/mol. The minimum absolute atomic E-state index is 0.391. The van der Waals surface area contributed by atoms with Gasteiger partial charge in [-0.2, -0.15) is 5.10 Å². The van der Waals surface area contributed by atoms with Crippen molar-refractivity contribution < 1.29 is 23.9 Å². The Morgan fingerprint density at radius 3 is 2.41 bits per heavy atom. The second kappa shape index (κ2) is 9.71. The Bertz CT molecular complexity index is 847. The molecular weight excluding hydrogens is 350 g/mol. The molecule has 0 aliphatic rings. The lowest BCUT2D eigenvalue weighted by molar-refractivity contribution is -0.136. The van der Waals surface area contributed by atoms with Crippen LogP contribution >= 0.6 is 0 Å². The van der Waals surface area contributed by atoms with Gasteiger partial charge >= 0.3 is 17.8 Å². The lowest BCUT2D eigenvalue weighted by Crippen LogP contribution is -2.32. The van der Waals surface area contributed by atoms with E-state index in [1.807, 2.05) is 6.92 Å². The van der Waals surface area contributed by atoms with Crippen LogP contribution in [0.2, 0.25) is 0 Å². The molecule has 0 fully saturated rings. The highest BCUT2D eigenvalue weighted by Gasteiger charge is 2.15. The summed E-state index contributed by atoms with van der Waals surface area (Å²) in [6.07, 6.45) is 1.35. The van der Waals surface area contributed by atoms with E-state index in [9.17, 15) is 14.4 Å². The molecule has 0 atom stereocenters. The number of carbonyl (C=O) groups excluding carboxylic acids is 3. The number of rotatable bonds is 6. The van der Waals surface area contributed by atoms with Gasteiger partial charge in [-0.3, -0.25) is 9.59 Å². The average molecular weight is 369 g/mol. The summed E-state index contributed by atoms with van der Waals surface area (Å²) in [7, 11) is 1.30. The normalized spacial score (nSPS) is 10.3. The summed E-state index contributed by atoms with van der Waals surface area (Å²) >= 11 is 0. The van der Waals surface area contributed by atoms with E-state index >= 15 is 0 Å². The van der Waals surface area contributed by atoms with Crippen LogP contribution in [-0.2, 0) is 14.3 Å². The van der Waals surface area contributed by atoms with Gasteiger partial charge in [0, 0.05) is 0 Å². The number of hydrazone groups is 1. The highest BCUT2D eigenvalue weighted by Crippen LogP contribution is 2.23. The molecule has 8 nitrogen and oxygen atoms in total. The zero-order valence-electron chi connectivity index (χ0n) is 14.9. The topological polar surface area (TPSA) is 106 Å². The molecule has 2 amide bonds. The molecule has 27 heavy (non-hydrogen) atoms. The number of amides is 2. The van der Waals surface area contributed by atoms with Gasteiger partial charge in [-0.25, -0.2) is 10.2 Å². The molecule has 2 aromatic carbocycles. The molecule has 2 aromatic rings. The van der Waals surface area contributed by atoms with Gasteiger partial charge < -0.3 is 14.8 Å². The van der Waals surface area contributed by atoms with Crippen molar-refractivity contribution in [1.29, 1.82) is 0 Å². The van der Waals surface area contributed by atoms with E-state index in [-0.39, 0.29) is 0 Å². The van der Waals surface area contributed by atoms with Crippen molar-refractivity contribution >= 4 is 29.7 Å². The molecule has 0 radical (unpaired) electrons. The number of benzene rings is 2. The Morgan fingerprint density at radius 2 is 1.74 bits per heavy atom. The molecule has 0 aromatic heterocycles. The summed E-state index contributed by atoms with van der Waals surface area (Å²) in [5.41, 5.74) is 3.55. The summed E-state index contributed by atoms with van der Waals surface area (Å²) in [4.78, 5) is 35.2. The molecule has 0 aliphatic heterocycles. The maximum Gasteiger partial charge on any atom is 0.337 e. The van der Waals surface area contributed by atoms with Gasteiger partial charge in [0.05, 0.1) is 31.2 Å². The zero-order chi connectivity index (χ0) is 19.6. The highest BCUT2D eigenvalue weighted by molar-refractivity contribution is 6.39. The average Bonchev–Trinajstić information content (AvgIpc) is 2.69. The zero-order valence-corrected chi connectivity index (χ0v) is 14.9. The lowest BCUT2D eigenvalue weighted by atomic mass is 10.1. The minimum Gasteiger partial charge on any atom is -0.492 e. The first-order valence-electron chi connectivity index (χ1n) is 8.09. The molecule has 8 heteroatoms. The van der Waals surface area contributed by atoms with Gasteiger partial charge in [0.2, 0.25) is 0 Å². The standard InChI is InChI=1S/C19H19N3O5/c1-3-27-16-7-5-4-6-15(16)21-17(23)18(24)22-20-12-13-8-10-14(11-9-13)19(25)26-2/h4-12H,3H2,1-2H3,(H,21,23)(H,22,24)/b20-12+. The van der Waals surface area contributed by atoms with Crippen molar-refractivity contribution in [1.82, 2.24) is 5.43 Å². The van der Waals surface area contributed by atoms with Crippen molar-refractivity contribution in [2.75, 3.05) is 19.0 Å². The van der Waals surface area contributed by atoms with E-state index in [2.05, 4.69) is 20.6 Å². The van der Waals surface area contributed by atoms with Gasteiger partial charge in [0.25, 0.3) is 0 Å². The third-order valence-electron chi connectivity index (χ3n) is 3.35. The summed E-state index contributed by atoms with van der Waals surface area (Å²) in [6, 6.07) is 13.2. The predicted molar refractivity (Wildman–Crippen MR) is 99.8 cm³/mol. The highest BCUT2D eigenvalue weighted by atomic mass is 16.5. The van der Waals surface area contributed by atoms with E-state index in [0.717, 1.165) is 0 Å². The molecular formula is C19H19N3O5. The first kappa shape index (κ1) is 19.6. The van der Waals surface area contributed by atoms with E-state index in [1.54, 1.807) is 48.5 Å². The maximum atomic E-state index is 12.0. The van der Waals surface area contributed by atoms with Gasteiger partial charge in [-0.15, -0.1) is 0 Å². The molecule has 2 rings (SSSR count). The van der Waals surface area contributed by atoms with Crippen molar-refractivity contribution in [3.63, 3.8) is 0 Å². The van der Waals surface area contributed by atoms with Crippen LogP contribution in [0, 0.1) is 0 Å². The first-order valence-corrected chi connectivity index (χ1v) is 8.09. The van der Waals surface area contributed by atoms with Crippen molar-refractivity contribution in [3.8, 4) is 5.75 Å². The SMILES string of the molecule is CCOc1ccccc1NC(=O)C(=O)N/N=C/c1ccc(C(=O)OC)cc1. The van der Waals surface area contributed by atoms with Gasteiger partial charge in [-0.05, 0) is 36.8 Å². The molecule has 0 heterocycles. The summed E-state index contributed by atoms with van der Waals surface area (Å²) < 4.78 is 9.99. The molecule has 0 unspecified atom stereocenters. The van der Waals surface area contributed by atoms with Crippen molar-refractivity contribution in [3.05, 3.63) is 59.7 Å². The number of carbonyl (C=O) groups is 3. The molecule has 140 valence electrons. The van der Waals surface area contributed by atoms with E-state index in [4.69, 9.17) is 4.74 Å². The Morgan fingerprint density at radius 1 is 1.04 bits per heavy atom. The quantitative estimate of drug-likeness (QED) is 0.350. The largest absolute Gasteiger partial charge is 0.492 e. The fourth-order valence-corrected chi connectivity index (χ4v) is 2.07. The van der Waals surface area contributed by atoms with Crippen LogP contribution in [0.15, 0.2) is 53.6 Å². The van der Waals surface area contributed by atoms with Crippen LogP contribution in [0.3, 0.4) is 0 Å². The van der Waals surface area contributed by atoms with E-state index in [0.29, 0.717) is 29.2 Å². The second-order valence-electron chi connectivity index (χ2n) is 5.20. The number of methoxy groups -OCH3 is 1. The molecule has 0 saturated carbocycles. The smallest absolute Gasteiger partial charge is 0.337 e. The number of anilines is 1. The fraction of sp³-hybridized carbons (Fsp3) is 0.158. The number of ether oxygens (including phenoxy) is 2. The maximum absolute atomic E-state index is 12.0. The van der Waals surface area contributed by atoms with Crippen LogP contribution < -0.4 is 15.5 Å². The first-order chi connectivity index (χ1) is 13.0. The molecule has 0 aliphatic carbocycles. The number of esters is 1. The number of hydrogen-bond acceptors (Lipinski definition) is 6. The van der Waals surface area contributed by atoms with E-state index < -0.39 is 17.8 Å². The van der Waals surface area contributed by atoms with Crippen molar-refractivity contribution in [2.24, 2.45) is 5.10 Å². The predicted octanol–water partition coefficient (Wildman–Crippen LogP) is 1.96. The summed E-state index contributed by atoms with van der Waals surface area (Å²) in [5.74, 6) is -1.78. The molecule has 2 N–H and O–H groups in total. The van der Waals surface area contributed by atoms with Gasteiger partial charge in [0.15, 0.2) is 0 Å². The summed E-state index contributed by atoms with van der Waals surface area (Å²) in [5, 5.41) is 6.19. The van der Waals surface area contributed by atoms with E-state index in [1.165, 1.54) is 13.3 Å². The van der Waals surface area contributed by atoms with Crippen LogP contribution in [0.5, 0.6) is 5.75 Å². The van der Waals surface area contributed by atoms with Crippen molar-refractivity contribution in [2.45, 2.75) is 6.92 Å². The molecule has 0 bridgehead atoms. The third kappa shape index (κ3) is 5.67. The van der Waals surface area contributed by atoms with Crippen LogP contribution in [0.25, 0.3) is 0 Å². The number of hydrogen-bond donors (Lipinski definition) is 2. The Kier molecular flexibility index (Phi) is 7.07. The van der Waals surface area contributed by atoms with Crippen LogP contribution in [0.4, 0.5) is 5.69 Å². The molecule has 0 saturated heterocycles. The van der Waals surface area contributed by atoms with Crippen LogP contribution in [-0.4, -0.2) is 37.7 Å². The second-order valence-corrected chi connectivity index (χ2v) is 5.20. The third-order valence-corrected chi connectivity index (χ3v) is 3.35. The molecule has 0 spiro atoms. The number of para-hydroxylation sites is 2. The number of nitrogens with zero attached hydrogens (tertiary/aromatic N) is 1. The van der Waals surface area contributed by atoms with Gasteiger partial charge in [0.1, 0.15) is 5.75 Å². The Balaban J connectivity index is 1.92.